The van der Waals surface area contributed by atoms with Gasteiger partial charge in [0.2, 0.25) is 11.8 Å². The molecule has 4 amide bonds. The van der Waals surface area contributed by atoms with E-state index in [1.807, 2.05) is 0 Å². The van der Waals surface area contributed by atoms with Gasteiger partial charge in [-0.25, -0.2) is 19.0 Å². The lowest BCUT2D eigenvalue weighted by atomic mass is 9.82. The summed E-state index contributed by atoms with van der Waals surface area (Å²) in [4.78, 5) is 60.8. The van der Waals surface area contributed by atoms with Crippen LogP contribution in [0, 0.1) is 5.82 Å². The Labute approximate surface area is 266 Å². The van der Waals surface area contributed by atoms with Crippen LogP contribution < -0.4 is 16.0 Å². The molecule has 2 aromatic carbocycles. The van der Waals surface area contributed by atoms with Gasteiger partial charge in [0.1, 0.15) is 16.7 Å². The number of piperidine rings is 1. The van der Waals surface area contributed by atoms with E-state index in [2.05, 4.69) is 25.7 Å². The summed E-state index contributed by atoms with van der Waals surface area (Å²) < 4.78 is 25.8. The maximum Gasteiger partial charge on any atom is 0.412 e. The lowest BCUT2D eigenvalue weighted by molar-refractivity contribution is -0.141. The number of rotatable bonds is 2. The average molecular weight is 660 g/mol. The minimum absolute atomic E-state index is 0.0808. The molecule has 3 aliphatic heterocycles. The van der Waals surface area contributed by atoms with Crippen LogP contribution in [0.1, 0.15) is 55.8 Å². The molecule has 2 bridgehead atoms. The Morgan fingerprint density at radius 3 is 2.76 bits per heavy atom. The SMILES string of the molecule is COC(=O)Nc1ccc2c(c1)NC(=O)CCCCC(C(=O)N1CCC[C@@]3(C1)OC(=O)Nc1ccc(Cl)c(F)c13)c1nc-2c(Cl)[nH]1. The normalized spacial score (nSPS) is 21.2. The summed E-state index contributed by atoms with van der Waals surface area (Å²) in [6.07, 6.45) is 0.860. The van der Waals surface area contributed by atoms with E-state index in [4.69, 9.17) is 32.9 Å². The number of aromatic amines is 1. The van der Waals surface area contributed by atoms with Crippen LogP contribution in [-0.2, 0) is 24.7 Å². The lowest BCUT2D eigenvalue weighted by Gasteiger charge is -2.45. The van der Waals surface area contributed by atoms with E-state index in [1.165, 1.54) is 19.2 Å². The van der Waals surface area contributed by atoms with Crippen molar-refractivity contribution in [3.05, 3.63) is 57.7 Å². The van der Waals surface area contributed by atoms with Gasteiger partial charge in [0.25, 0.3) is 0 Å². The van der Waals surface area contributed by atoms with Crippen molar-refractivity contribution in [3.63, 3.8) is 0 Å². The van der Waals surface area contributed by atoms with E-state index in [0.717, 1.165) is 0 Å². The number of nitrogens with zero attached hydrogens (tertiary/aromatic N) is 2. The van der Waals surface area contributed by atoms with Crippen LogP contribution in [0.2, 0.25) is 10.2 Å². The standard InChI is InChI=1S/C30H29Cl2FN6O6/c1-44-28(42)34-15-7-8-16-20(13-15)35-21(40)6-3-2-5-17(26-37-24(16)25(32)38-26)27(41)39-12-4-11-30(14-39)22-19(36-29(43)45-30)10-9-18(31)23(22)33/h7-10,13,17H,2-6,11-12,14H2,1H3,(H,34,42)(H,35,40)(H,36,43)(H,37,38)/t17?,30-/m0/s1. The second-order valence-electron chi connectivity index (χ2n) is 11.2. The molecule has 1 fully saturated rings. The zero-order valence-corrected chi connectivity index (χ0v) is 25.6. The monoisotopic (exact) mass is 658 g/mol. The van der Waals surface area contributed by atoms with Gasteiger partial charge in [0.15, 0.2) is 11.4 Å². The molecule has 1 unspecified atom stereocenters. The predicted molar refractivity (Wildman–Crippen MR) is 164 cm³/mol. The van der Waals surface area contributed by atoms with Crippen molar-refractivity contribution < 1.29 is 33.0 Å². The number of methoxy groups -OCH3 is 1. The summed E-state index contributed by atoms with van der Waals surface area (Å²) in [6, 6.07) is 7.70. The molecule has 1 saturated heterocycles. The van der Waals surface area contributed by atoms with Crippen LogP contribution >= 0.6 is 23.2 Å². The van der Waals surface area contributed by atoms with Crippen molar-refractivity contribution in [3.8, 4) is 11.3 Å². The maximum absolute atomic E-state index is 15.4. The van der Waals surface area contributed by atoms with Gasteiger partial charge in [-0.1, -0.05) is 29.6 Å². The highest BCUT2D eigenvalue weighted by Gasteiger charge is 2.49. The fourth-order valence-electron chi connectivity index (χ4n) is 6.22. The van der Waals surface area contributed by atoms with Crippen LogP contribution in [0.25, 0.3) is 11.3 Å². The maximum atomic E-state index is 15.4. The first-order chi connectivity index (χ1) is 21.6. The van der Waals surface area contributed by atoms with E-state index >= 15 is 4.39 Å². The Morgan fingerprint density at radius 1 is 1.13 bits per heavy atom. The number of fused-ring (bicyclic) bond motifs is 6. The van der Waals surface area contributed by atoms with E-state index in [1.54, 1.807) is 23.1 Å². The minimum Gasteiger partial charge on any atom is -0.453 e. The number of ether oxygens (including phenoxy) is 2. The average Bonchev–Trinajstić information content (AvgIpc) is 3.38. The smallest absolute Gasteiger partial charge is 0.412 e. The summed E-state index contributed by atoms with van der Waals surface area (Å²) >= 11 is 12.8. The number of imidazole rings is 1. The third-order valence-corrected chi connectivity index (χ3v) is 8.84. The molecular weight excluding hydrogens is 630 g/mol. The second kappa shape index (κ2) is 12.2. The predicted octanol–water partition coefficient (Wildman–Crippen LogP) is 6.38. The van der Waals surface area contributed by atoms with Crippen molar-refractivity contribution in [2.75, 3.05) is 36.1 Å². The first-order valence-electron chi connectivity index (χ1n) is 14.4. The first kappa shape index (κ1) is 30.7. The molecule has 1 aromatic heterocycles. The van der Waals surface area contributed by atoms with Gasteiger partial charge in [-0.3, -0.25) is 20.2 Å². The zero-order chi connectivity index (χ0) is 31.9. The van der Waals surface area contributed by atoms with Crippen LogP contribution in [0.5, 0.6) is 0 Å². The number of halogens is 3. The lowest BCUT2D eigenvalue weighted by Crippen LogP contribution is -2.54. The van der Waals surface area contributed by atoms with Gasteiger partial charge in [-0.15, -0.1) is 0 Å². The molecule has 0 saturated carbocycles. The van der Waals surface area contributed by atoms with Crippen LogP contribution in [0.3, 0.4) is 0 Å². The summed E-state index contributed by atoms with van der Waals surface area (Å²) in [5.74, 6) is -1.72. The van der Waals surface area contributed by atoms with Gasteiger partial charge in [0, 0.05) is 24.2 Å². The Hall–Kier alpha value is -4.36. The number of carbonyl (C=O) groups is 4. The number of aromatic nitrogens is 2. The highest BCUT2D eigenvalue weighted by Crippen LogP contribution is 2.46. The molecule has 6 rings (SSSR count). The van der Waals surface area contributed by atoms with E-state index in [9.17, 15) is 19.2 Å². The van der Waals surface area contributed by atoms with Crippen molar-refractivity contribution in [1.29, 1.82) is 0 Å². The molecule has 4 heterocycles. The van der Waals surface area contributed by atoms with Gasteiger partial charge < -0.3 is 24.7 Å². The van der Waals surface area contributed by atoms with Crippen LogP contribution in [-0.4, -0.2) is 59.1 Å². The molecule has 1 spiro atoms. The van der Waals surface area contributed by atoms with Crippen molar-refractivity contribution in [1.82, 2.24) is 14.9 Å². The highest BCUT2D eigenvalue weighted by molar-refractivity contribution is 6.32. The van der Waals surface area contributed by atoms with Gasteiger partial charge >= 0.3 is 12.2 Å². The first-order valence-corrected chi connectivity index (χ1v) is 15.2. The highest BCUT2D eigenvalue weighted by atomic mass is 35.5. The quantitative estimate of drug-likeness (QED) is 0.249. The molecule has 0 radical (unpaired) electrons. The van der Waals surface area contributed by atoms with Gasteiger partial charge in [0.05, 0.1) is 41.5 Å². The van der Waals surface area contributed by atoms with E-state index < -0.39 is 29.5 Å². The molecule has 45 heavy (non-hydrogen) atoms. The molecule has 0 aliphatic carbocycles. The third-order valence-electron chi connectivity index (χ3n) is 8.28. The third kappa shape index (κ3) is 5.89. The Balaban J connectivity index is 1.35. The zero-order valence-electron chi connectivity index (χ0n) is 24.1. The topological polar surface area (TPSA) is 155 Å². The number of likely N-dealkylation sites (tertiary alicyclic amines) is 1. The van der Waals surface area contributed by atoms with E-state index in [-0.39, 0.29) is 46.2 Å². The number of benzene rings is 2. The molecule has 3 aromatic rings. The van der Waals surface area contributed by atoms with E-state index in [0.29, 0.717) is 67.1 Å². The molecule has 12 nitrogen and oxygen atoms in total. The molecule has 3 aliphatic rings. The number of amides is 4. The number of anilines is 3. The van der Waals surface area contributed by atoms with Gasteiger partial charge in [-0.2, -0.15) is 0 Å². The fraction of sp³-hybridized carbons (Fsp3) is 0.367. The fourth-order valence-corrected chi connectivity index (χ4v) is 6.62. The van der Waals surface area contributed by atoms with Crippen LogP contribution in [0.4, 0.5) is 31.0 Å². The molecule has 4 N–H and O–H groups in total. The van der Waals surface area contributed by atoms with Crippen LogP contribution in [0.15, 0.2) is 30.3 Å². The Morgan fingerprint density at radius 2 is 1.96 bits per heavy atom. The molecule has 236 valence electrons. The summed E-state index contributed by atoms with van der Waals surface area (Å²) in [5, 5.41) is 8.00. The number of hydrogen-bond donors (Lipinski definition) is 4. The minimum atomic E-state index is -1.43. The van der Waals surface area contributed by atoms with Crippen molar-refractivity contribution in [2.24, 2.45) is 0 Å². The largest absolute Gasteiger partial charge is 0.453 e. The number of H-pyrrole nitrogens is 1. The molecular formula is C30H29Cl2FN6O6. The number of hydrogen-bond acceptors (Lipinski definition) is 7. The van der Waals surface area contributed by atoms with Crippen molar-refractivity contribution in [2.45, 2.75) is 50.0 Å². The molecule has 2 atom stereocenters. The number of carbonyl (C=O) groups excluding carboxylic acids is 4. The van der Waals surface area contributed by atoms with Gasteiger partial charge in [-0.05, 0) is 56.0 Å². The Bertz CT molecular complexity index is 1720. The van der Waals surface area contributed by atoms with Crippen molar-refractivity contribution >= 4 is 64.3 Å². The second-order valence-corrected chi connectivity index (χ2v) is 11.9. The number of nitrogens with one attached hydrogen (secondary N) is 4. The summed E-state index contributed by atoms with van der Waals surface area (Å²) in [7, 11) is 1.24. The summed E-state index contributed by atoms with van der Waals surface area (Å²) in [5.41, 5.74) is 0.451. The Kier molecular flexibility index (Phi) is 8.31. The molecule has 15 heteroatoms. The summed E-state index contributed by atoms with van der Waals surface area (Å²) in [6.45, 7) is 0.268.